The average molecular weight is 243 g/mol. The van der Waals surface area contributed by atoms with Crippen molar-refractivity contribution in [2.75, 3.05) is 13.1 Å². The van der Waals surface area contributed by atoms with Gasteiger partial charge in [0.2, 0.25) is 10.0 Å². The first-order valence-corrected chi connectivity index (χ1v) is 6.48. The Morgan fingerprint density at radius 2 is 2.31 bits per heavy atom. The number of sulfonamides is 1. The van der Waals surface area contributed by atoms with Gasteiger partial charge >= 0.3 is 0 Å². The van der Waals surface area contributed by atoms with Gasteiger partial charge in [-0.05, 0) is 6.07 Å². The molecule has 0 fully saturated rings. The summed E-state index contributed by atoms with van der Waals surface area (Å²) in [4.78, 5) is 3.07. The molecule has 0 aromatic carbocycles. The Kier molecular flexibility index (Phi) is 4.28. The lowest BCUT2D eigenvalue weighted by Crippen LogP contribution is -2.30. The summed E-state index contributed by atoms with van der Waals surface area (Å²) in [5.41, 5.74) is 6.12. The van der Waals surface area contributed by atoms with Crippen molar-refractivity contribution in [1.29, 1.82) is 0 Å². The lowest BCUT2D eigenvalue weighted by Gasteiger charge is -2.17. The van der Waals surface area contributed by atoms with Crippen molar-refractivity contribution >= 4 is 10.0 Å². The highest BCUT2D eigenvalue weighted by atomic mass is 32.2. The van der Waals surface area contributed by atoms with Crippen LogP contribution in [0, 0.1) is 0 Å². The Hall–Kier alpha value is -1.11. The number of nitrogens with one attached hydrogen (secondary N) is 1. The minimum atomic E-state index is -3.43. The second-order valence-corrected chi connectivity index (χ2v) is 5.25. The Morgan fingerprint density at radius 3 is 2.75 bits per heavy atom. The van der Waals surface area contributed by atoms with Crippen molar-refractivity contribution in [1.82, 2.24) is 9.29 Å². The average Bonchev–Trinajstić information content (AvgIpc) is 2.74. The van der Waals surface area contributed by atoms with E-state index in [1.54, 1.807) is 19.1 Å². The molecule has 0 unspecified atom stereocenters. The van der Waals surface area contributed by atoms with Crippen LogP contribution in [0.2, 0.25) is 0 Å². The number of hydrogen-bond donors (Lipinski definition) is 2. The third kappa shape index (κ3) is 2.52. The van der Waals surface area contributed by atoms with Crippen LogP contribution in [0.1, 0.15) is 12.6 Å². The number of nitrogens with two attached hydrogens (primary N) is 1. The molecule has 5 nitrogen and oxygen atoms in total. The summed E-state index contributed by atoms with van der Waals surface area (Å²) in [6.45, 7) is 6.35. The number of likely N-dealkylation sites (N-methyl/N-ethyl adjacent to an activating group) is 1. The van der Waals surface area contributed by atoms with E-state index in [4.69, 9.17) is 5.73 Å². The molecule has 0 radical (unpaired) electrons. The van der Waals surface area contributed by atoms with Gasteiger partial charge in [0.1, 0.15) is 0 Å². The van der Waals surface area contributed by atoms with Gasteiger partial charge in [-0.1, -0.05) is 13.0 Å². The van der Waals surface area contributed by atoms with Gasteiger partial charge in [0.25, 0.3) is 0 Å². The predicted molar refractivity (Wildman–Crippen MR) is 63.3 cm³/mol. The Morgan fingerprint density at radius 1 is 1.62 bits per heavy atom. The molecule has 1 aromatic rings. The van der Waals surface area contributed by atoms with Crippen LogP contribution in [-0.4, -0.2) is 30.8 Å². The molecule has 0 aliphatic rings. The quantitative estimate of drug-likeness (QED) is 0.721. The molecule has 0 saturated carbocycles. The summed E-state index contributed by atoms with van der Waals surface area (Å²) < 4.78 is 25.6. The van der Waals surface area contributed by atoms with Gasteiger partial charge in [0, 0.05) is 31.5 Å². The monoisotopic (exact) mass is 243 g/mol. The van der Waals surface area contributed by atoms with Crippen molar-refractivity contribution in [2.45, 2.75) is 18.4 Å². The molecule has 0 amide bonds. The van der Waals surface area contributed by atoms with Crippen LogP contribution in [-0.2, 0) is 16.6 Å². The number of aromatic amines is 1. The van der Waals surface area contributed by atoms with Gasteiger partial charge in [0.15, 0.2) is 0 Å². The van der Waals surface area contributed by atoms with Crippen LogP contribution in [0.15, 0.2) is 29.8 Å². The molecule has 0 aliphatic carbocycles. The number of H-pyrrole nitrogens is 1. The summed E-state index contributed by atoms with van der Waals surface area (Å²) in [6.07, 6.45) is 3.03. The molecule has 0 bridgehead atoms. The van der Waals surface area contributed by atoms with Gasteiger partial charge < -0.3 is 10.7 Å². The molecule has 0 saturated heterocycles. The minimum Gasteiger partial charge on any atom is -0.363 e. The summed E-state index contributed by atoms with van der Waals surface area (Å²) >= 11 is 0. The van der Waals surface area contributed by atoms with Crippen molar-refractivity contribution in [3.8, 4) is 0 Å². The van der Waals surface area contributed by atoms with E-state index in [0.29, 0.717) is 25.3 Å². The molecule has 1 rings (SSSR count). The molecule has 1 aromatic heterocycles. The molecule has 3 N–H and O–H groups in total. The maximum absolute atomic E-state index is 12.1. The van der Waals surface area contributed by atoms with Gasteiger partial charge in [-0.3, -0.25) is 0 Å². The van der Waals surface area contributed by atoms with Crippen LogP contribution in [0.3, 0.4) is 0 Å². The van der Waals surface area contributed by atoms with E-state index in [1.807, 2.05) is 0 Å². The predicted octanol–water partition coefficient (Wildman–Crippen LogP) is 0.670. The molecule has 90 valence electrons. The number of nitrogens with zero attached hydrogens (tertiary/aromatic N) is 1. The van der Waals surface area contributed by atoms with E-state index in [1.165, 1.54) is 10.5 Å². The highest BCUT2D eigenvalue weighted by Crippen LogP contribution is 2.16. The van der Waals surface area contributed by atoms with Crippen LogP contribution >= 0.6 is 0 Å². The van der Waals surface area contributed by atoms with Crippen molar-refractivity contribution < 1.29 is 8.42 Å². The number of hydrogen-bond acceptors (Lipinski definition) is 3. The zero-order valence-electron chi connectivity index (χ0n) is 9.31. The Balaban J connectivity index is 3.04. The van der Waals surface area contributed by atoms with Gasteiger partial charge in [0.05, 0.1) is 4.90 Å². The number of aromatic nitrogens is 1. The van der Waals surface area contributed by atoms with Gasteiger partial charge in [-0.15, -0.1) is 6.58 Å². The minimum absolute atomic E-state index is 0.247. The fourth-order valence-electron chi connectivity index (χ4n) is 1.38. The molecular formula is C10H17N3O2S. The normalized spacial score (nSPS) is 11.9. The van der Waals surface area contributed by atoms with E-state index in [2.05, 4.69) is 11.6 Å². The summed E-state index contributed by atoms with van der Waals surface area (Å²) in [5, 5.41) is 0. The largest absolute Gasteiger partial charge is 0.363 e. The van der Waals surface area contributed by atoms with E-state index in [0.717, 1.165) is 0 Å². The Bertz CT molecular complexity index is 450. The van der Waals surface area contributed by atoms with Crippen molar-refractivity contribution in [3.63, 3.8) is 0 Å². The third-order valence-electron chi connectivity index (χ3n) is 2.26. The highest BCUT2D eigenvalue weighted by Gasteiger charge is 2.22. The second kappa shape index (κ2) is 5.29. The second-order valence-electron chi connectivity index (χ2n) is 3.31. The smallest absolute Gasteiger partial charge is 0.244 e. The lowest BCUT2D eigenvalue weighted by molar-refractivity contribution is 0.460. The number of rotatable bonds is 6. The fraction of sp³-hybridized carbons (Fsp3) is 0.400. The van der Waals surface area contributed by atoms with Gasteiger partial charge in [-0.25, -0.2) is 8.42 Å². The Labute approximate surface area is 96.0 Å². The molecule has 0 aliphatic heterocycles. The third-order valence-corrected chi connectivity index (χ3v) is 4.18. The van der Waals surface area contributed by atoms with E-state index in [9.17, 15) is 8.42 Å². The van der Waals surface area contributed by atoms with Gasteiger partial charge in [-0.2, -0.15) is 4.31 Å². The highest BCUT2D eigenvalue weighted by molar-refractivity contribution is 7.89. The summed E-state index contributed by atoms with van der Waals surface area (Å²) in [6, 6.07) is 1.56. The molecule has 6 heteroatoms. The molecule has 16 heavy (non-hydrogen) atoms. The molecule has 1 heterocycles. The topological polar surface area (TPSA) is 79.2 Å². The SMILES string of the molecule is C=CCN(CC)S(=O)(=O)c1c[nH]c(CN)c1. The van der Waals surface area contributed by atoms with Crippen LogP contribution in [0.4, 0.5) is 0 Å². The maximum Gasteiger partial charge on any atom is 0.244 e. The zero-order chi connectivity index (χ0) is 12.2. The van der Waals surface area contributed by atoms with E-state index >= 15 is 0 Å². The molecule has 0 atom stereocenters. The first kappa shape index (κ1) is 13.0. The molecule has 0 spiro atoms. The first-order valence-electron chi connectivity index (χ1n) is 5.04. The van der Waals surface area contributed by atoms with Crippen LogP contribution < -0.4 is 5.73 Å². The molecular weight excluding hydrogens is 226 g/mol. The van der Waals surface area contributed by atoms with Crippen LogP contribution in [0.5, 0.6) is 0 Å². The van der Waals surface area contributed by atoms with Crippen molar-refractivity contribution in [3.05, 3.63) is 30.6 Å². The van der Waals surface area contributed by atoms with E-state index in [-0.39, 0.29) is 4.90 Å². The van der Waals surface area contributed by atoms with Crippen molar-refractivity contribution in [2.24, 2.45) is 5.73 Å². The summed E-state index contributed by atoms with van der Waals surface area (Å²) in [7, 11) is -3.43. The maximum atomic E-state index is 12.1. The standard InChI is InChI=1S/C10H17N3O2S/c1-3-5-13(4-2)16(14,15)10-6-9(7-11)12-8-10/h3,6,8,12H,1,4-5,7,11H2,2H3. The zero-order valence-corrected chi connectivity index (χ0v) is 10.1. The fourth-order valence-corrected chi connectivity index (χ4v) is 2.81. The van der Waals surface area contributed by atoms with Crippen LogP contribution in [0.25, 0.3) is 0 Å². The lowest BCUT2D eigenvalue weighted by atomic mass is 10.4. The summed E-state index contributed by atoms with van der Waals surface area (Å²) in [5.74, 6) is 0. The van der Waals surface area contributed by atoms with E-state index < -0.39 is 10.0 Å². The first-order chi connectivity index (χ1) is 7.56.